The van der Waals surface area contributed by atoms with E-state index in [1.165, 1.54) is 6.07 Å². The summed E-state index contributed by atoms with van der Waals surface area (Å²) in [7, 11) is 0. The molecule has 1 unspecified atom stereocenters. The van der Waals surface area contributed by atoms with Crippen LogP contribution in [0.2, 0.25) is 0 Å². The van der Waals surface area contributed by atoms with Crippen molar-refractivity contribution in [1.82, 2.24) is 0 Å². The molecule has 106 valence electrons. The number of hydrogen-bond donors (Lipinski definition) is 1. The first-order valence-electron chi connectivity index (χ1n) is 6.75. The highest BCUT2D eigenvalue weighted by Gasteiger charge is 2.08. The van der Waals surface area contributed by atoms with Crippen molar-refractivity contribution >= 4 is 0 Å². The highest BCUT2D eigenvalue weighted by molar-refractivity contribution is 5.41. The minimum Gasteiger partial charge on any atom is -0.454 e. The summed E-state index contributed by atoms with van der Waals surface area (Å²) in [5.41, 5.74) is 8.89. The van der Waals surface area contributed by atoms with Crippen molar-refractivity contribution in [2.75, 3.05) is 0 Å². The van der Waals surface area contributed by atoms with E-state index in [0.29, 0.717) is 5.75 Å². The molecule has 0 radical (unpaired) electrons. The molecule has 2 nitrogen and oxygen atoms in total. The second kappa shape index (κ2) is 6.06. The van der Waals surface area contributed by atoms with Crippen LogP contribution in [0.15, 0.2) is 36.4 Å². The third-order valence-electron chi connectivity index (χ3n) is 3.10. The molecule has 3 heteroatoms. The number of halogens is 1. The molecule has 20 heavy (non-hydrogen) atoms. The summed E-state index contributed by atoms with van der Waals surface area (Å²) in [6.45, 7) is 5.83. The van der Waals surface area contributed by atoms with E-state index in [1.807, 2.05) is 39.0 Å². The summed E-state index contributed by atoms with van der Waals surface area (Å²) in [6.07, 6.45) is 0.819. The third-order valence-corrected chi connectivity index (χ3v) is 3.10. The molecular weight excluding hydrogens is 253 g/mol. The molecule has 0 aliphatic rings. The van der Waals surface area contributed by atoms with Gasteiger partial charge in [-0.15, -0.1) is 0 Å². The molecule has 0 aliphatic carbocycles. The molecule has 0 fully saturated rings. The molecule has 0 spiro atoms. The molecule has 2 aromatic rings. The van der Waals surface area contributed by atoms with Crippen molar-refractivity contribution in [1.29, 1.82) is 0 Å². The van der Waals surface area contributed by atoms with Crippen LogP contribution in [0.25, 0.3) is 0 Å². The quantitative estimate of drug-likeness (QED) is 0.909. The van der Waals surface area contributed by atoms with E-state index >= 15 is 0 Å². The van der Waals surface area contributed by atoms with Crippen molar-refractivity contribution in [3.8, 4) is 11.5 Å². The highest BCUT2D eigenvalue weighted by atomic mass is 19.1. The van der Waals surface area contributed by atoms with Crippen LogP contribution in [0.3, 0.4) is 0 Å². The number of rotatable bonds is 4. The standard InChI is InChI=1S/C17H20FNO/c1-11-4-6-15(18)17(8-11)20-16-7-5-14(9-12(16)2)10-13(3)19/h4-9,13H,10,19H2,1-3H3. The van der Waals surface area contributed by atoms with Crippen molar-refractivity contribution in [3.05, 3.63) is 58.9 Å². The van der Waals surface area contributed by atoms with Crippen LogP contribution in [0.4, 0.5) is 4.39 Å². The fourth-order valence-electron chi connectivity index (χ4n) is 2.13. The van der Waals surface area contributed by atoms with E-state index in [9.17, 15) is 4.39 Å². The van der Waals surface area contributed by atoms with Crippen LogP contribution >= 0.6 is 0 Å². The Kier molecular flexibility index (Phi) is 4.40. The zero-order chi connectivity index (χ0) is 14.7. The van der Waals surface area contributed by atoms with E-state index in [2.05, 4.69) is 0 Å². The normalized spacial score (nSPS) is 12.2. The summed E-state index contributed by atoms with van der Waals surface area (Å²) < 4.78 is 19.4. The molecule has 0 saturated heterocycles. The van der Waals surface area contributed by atoms with E-state index in [4.69, 9.17) is 10.5 Å². The largest absolute Gasteiger partial charge is 0.454 e. The number of nitrogens with two attached hydrogens (primary N) is 1. The first-order valence-corrected chi connectivity index (χ1v) is 6.75. The molecule has 2 aromatic carbocycles. The van der Waals surface area contributed by atoms with Gasteiger partial charge in [0, 0.05) is 6.04 Å². The molecule has 2 rings (SSSR count). The molecular formula is C17H20FNO. The van der Waals surface area contributed by atoms with Gasteiger partial charge in [-0.3, -0.25) is 0 Å². The van der Waals surface area contributed by atoms with Crippen LogP contribution in [-0.4, -0.2) is 6.04 Å². The van der Waals surface area contributed by atoms with Gasteiger partial charge in [-0.25, -0.2) is 4.39 Å². The van der Waals surface area contributed by atoms with Gasteiger partial charge in [-0.05, 0) is 62.1 Å². The zero-order valence-electron chi connectivity index (χ0n) is 12.1. The Morgan fingerprint density at radius 1 is 1.10 bits per heavy atom. The predicted molar refractivity (Wildman–Crippen MR) is 79.7 cm³/mol. The second-order valence-corrected chi connectivity index (χ2v) is 5.32. The average Bonchev–Trinajstić information content (AvgIpc) is 2.36. The molecule has 0 aromatic heterocycles. The van der Waals surface area contributed by atoms with Gasteiger partial charge in [-0.1, -0.05) is 18.2 Å². The van der Waals surface area contributed by atoms with Gasteiger partial charge in [0.05, 0.1) is 0 Å². The van der Waals surface area contributed by atoms with Crippen LogP contribution in [-0.2, 0) is 6.42 Å². The van der Waals surface area contributed by atoms with E-state index in [-0.39, 0.29) is 17.6 Å². The monoisotopic (exact) mass is 273 g/mol. The van der Waals surface area contributed by atoms with Gasteiger partial charge in [0.1, 0.15) is 5.75 Å². The lowest BCUT2D eigenvalue weighted by atomic mass is 10.0. The maximum absolute atomic E-state index is 13.7. The van der Waals surface area contributed by atoms with Crippen LogP contribution < -0.4 is 10.5 Å². The molecule has 1 atom stereocenters. The van der Waals surface area contributed by atoms with Gasteiger partial charge >= 0.3 is 0 Å². The SMILES string of the molecule is Cc1ccc(F)c(Oc2ccc(CC(C)N)cc2C)c1. The van der Waals surface area contributed by atoms with Gasteiger partial charge in [0.15, 0.2) is 11.6 Å². The fraction of sp³-hybridized carbons (Fsp3) is 0.294. The molecule has 0 saturated carbocycles. The predicted octanol–water partition coefficient (Wildman–Crippen LogP) is 4.12. The van der Waals surface area contributed by atoms with Gasteiger partial charge in [0.2, 0.25) is 0 Å². The smallest absolute Gasteiger partial charge is 0.165 e. The maximum atomic E-state index is 13.7. The van der Waals surface area contributed by atoms with E-state index in [1.54, 1.807) is 12.1 Å². The molecule has 0 bridgehead atoms. The number of aryl methyl sites for hydroxylation is 2. The van der Waals surface area contributed by atoms with Gasteiger partial charge in [0.25, 0.3) is 0 Å². The van der Waals surface area contributed by atoms with Crippen molar-refractivity contribution in [2.24, 2.45) is 5.73 Å². The molecule has 0 heterocycles. The van der Waals surface area contributed by atoms with Crippen LogP contribution in [0, 0.1) is 19.7 Å². The lowest BCUT2D eigenvalue weighted by Crippen LogP contribution is -2.17. The minimum atomic E-state index is -0.352. The zero-order valence-corrected chi connectivity index (χ0v) is 12.1. The van der Waals surface area contributed by atoms with Crippen LogP contribution in [0.1, 0.15) is 23.6 Å². The van der Waals surface area contributed by atoms with Crippen molar-refractivity contribution < 1.29 is 9.13 Å². The lowest BCUT2D eigenvalue weighted by Gasteiger charge is -2.12. The number of hydrogen-bond acceptors (Lipinski definition) is 2. The summed E-state index contributed by atoms with van der Waals surface area (Å²) in [5.74, 6) is 0.575. The third kappa shape index (κ3) is 3.58. The Hall–Kier alpha value is -1.87. The Morgan fingerprint density at radius 3 is 2.50 bits per heavy atom. The lowest BCUT2D eigenvalue weighted by molar-refractivity contribution is 0.439. The van der Waals surface area contributed by atoms with Crippen molar-refractivity contribution in [3.63, 3.8) is 0 Å². The second-order valence-electron chi connectivity index (χ2n) is 5.32. The Balaban J connectivity index is 2.23. The Morgan fingerprint density at radius 2 is 1.85 bits per heavy atom. The summed E-state index contributed by atoms with van der Waals surface area (Å²) >= 11 is 0. The fourth-order valence-corrected chi connectivity index (χ4v) is 2.13. The number of benzene rings is 2. The maximum Gasteiger partial charge on any atom is 0.165 e. The van der Waals surface area contributed by atoms with E-state index < -0.39 is 0 Å². The minimum absolute atomic E-state index is 0.121. The number of ether oxygens (including phenoxy) is 1. The summed E-state index contributed by atoms with van der Waals surface area (Å²) in [5, 5.41) is 0. The summed E-state index contributed by atoms with van der Waals surface area (Å²) in [4.78, 5) is 0. The molecule has 2 N–H and O–H groups in total. The topological polar surface area (TPSA) is 35.2 Å². The highest BCUT2D eigenvalue weighted by Crippen LogP contribution is 2.28. The first-order chi connectivity index (χ1) is 9.45. The Bertz CT molecular complexity index is 608. The summed E-state index contributed by atoms with van der Waals surface area (Å²) in [6, 6.07) is 10.8. The van der Waals surface area contributed by atoms with Gasteiger partial charge < -0.3 is 10.5 Å². The molecule has 0 amide bonds. The van der Waals surface area contributed by atoms with Crippen molar-refractivity contribution in [2.45, 2.75) is 33.2 Å². The Labute approximate surface area is 119 Å². The van der Waals surface area contributed by atoms with Crippen LogP contribution in [0.5, 0.6) is 11.5 Å². The van der Waals surface area contributed by atoms with Gasteiger partial charge in [-0.2, -0.15) is 0 Å². The average molecular weight is 273 g/mol. The molecule has 0 aliphatic heterocycles. The first kappa shape index (κ1) is 14.5. The van der Waals surface area contributed by atoms with E-state index in [0.717, 1.165) is 23.1 Å².